The number of carbonyl (C=O) groups is 1. The van der Waals surface area contributed by atoms with Gasteiger partial charge in [-0.15, -0.1) is 0 Å². The monoisotopic (exact) mass is 128 g/mol. The lowest BCUT2D eigenvalue weighted by Gasteiger charge is -2.04. The summed E-state index contributed by atoms with van der Waals surface area (Å²) < 4.78 is 4.64. The lowest BCUT2D eigenvalue weighted by Crippen LogP contribution is -2.03. The van der Waals surface area contributed by atoms with E-state index in [1.165, 1.54) is 25.7 Å². The zero-order chi connectivity index (χ0) is 6.53. The number of carbonyl (C=O) groups excluding carboxylic acids is 1. The third-order valence-corrected chi connectivity index (χ3v) is 1.87. The molecule has 0 N–H and O–H groups in total. The van der Waals surface area contributed by atoms with Gasteiger partial charge in [-0.3, -0.25) is 4.79 Å². The van der Waals surface area contributed by atoms with Crippen LogP contribution in [-0.4, -0.2) is 13.1 Å². The molecule has 9 heavy (non-hydrogen) atoms. The van der Waals surface area contributed by atoms with Crippen LogP contribution in [-0.2, 0) is 9.53 Å². The van der Waals surface area contributed by atoms with Gasteiger partial charge >= 0.3 is 0 Å². The van der Waals surface area contributed by atoms with E-state index >= 15 is 0 Å². The number of ether oxygens (including phenoxy) is 1. The van der Waals surface area contributed by atoms with E-state index in [4.69, 9.17) is 0 Å². The topological polar surface area (TPSA) is 26.3 Å². The van der Waals surface area contributed by atoms with Crippen molar-refractivity contribution < 1.29 is 9.53 Å². The molecule has 0 saturated heterocycles. The standard InChI is InChI=1S/C7H12O2/c8-6-9-5-7-3-1-2-4-7/h6-7H,1-5H2. The molecule has 0 unspecified atom stereocenters. The third kappa shape index (κ3) is 2.04. The molecule has 0 aromatic carbocycles. The van der Waals surface area contributed by atoms with Crippen LogP contribution in [0.25, 0.3) is 0 Å². The van der Waals surface area contributed by atoms with Gasteiger partial charge in [0.05, 0.1) is 6.61 Å². The molecule has 0 radical (unpaired) electrons. The summed E-state index contributed by atoms with van der Waals surface area (Å²) in [5, 5.41) is 0. The molecule has 1 aliphatic carbocycles. The highest BCUT2D eigenvalue weighted by Crippen LogP contribution is 2.24. The maximum Gasteiger partial charge on any atom is 0.293 e. The van der Waals surface area contributed by atoms with Gasteiger partial charge in [0.2, 0.25) is 0 Å². The fourth-order valence-corrected chi connectivity index (χ4v) is 1.35. The van der Waals surface area contributed by atoms with E-state index in [9.17, 15) is 4.79 Å². The van der Waals surface area contributed by atoms with E-state index in [1.54, 1.807) is 0 Å². The molecule has 1 fully saturated rings. The van der Waals surface area contributed by atoms with Crippen LogP contribution in [0.5, 0.6) is 0 Å². The Morgan fingerprint density at radius 2 is 2.11 bits per heavy atom. The highest BCUT2D eigenvalue weighted by atomic mass is 16.5. The van der Waals surface area contributed by atoms with Crippen molar-refractivity contribution in [3.8, 4) is 0 Å². The highest BCUT2D eigenvalue weighted by molar-refractivity contribution is 5.36. The number of hydrogen-bond donors (Lipinski definition) is 0. The van der Waals surface area contributed by atoms with Gasteiger partial charge in [-0.2, -0.15) is 0 Å². The smallest absolute Gasteiger partial charge is 0.293 e. The van der Waals surface area contributed by atoms with Crippen molar-refractivity contribution in [2.45, 2.75) is 25.7 Å². The van der Waals surface area contributed by atoms with E-state index in [-0.39, 0.29) is 0 Å². The summed E-state index contributed by atoms with van der Waals surface area (Å²) >= 11 is 0. The van der Waals surface area contributed by atoms with Crippen LogP contribution in [0.15, 0.2) is 0 Å². The van der Waals surface area contributed by atoms with E-state index in [0.29, 0.717) is 19.0 Å². The molecule has 0 bridgehead atoms. The first-order valence-corrected chi connectivity index (χ1v) is 3.48. The van der Waals surface area contributed by atoms with Crippen LogP contribution in [0.3, 0.4) is 0 Å². The zero-order valence-corrected chi connectivity index (χ0v) is 5.51. The Bertz CT molecular complexity index is 84.9. The largest absolute Gasteiger partial charge is 0.468 e. The Kier molecular flexibility index (Phi) is 2.55. The van der Waals surface area contributed by atoms with E-state index in [1.807, 2.05) is 0 Å². The van der Waals surface area contributed by atoms with Gasteiger partial charge in [-0.05, 0) is 18.8 Å². The molecule has 52 valence electrons. The average Bonchev–Trinajstić information content (AvgIpc) is 2.34. The normalized spacial score (nSPS) is 20.0. The van der Waals surface area contributed by atoms with Crippen molar-refractivity contribution in [3.63, 3.8) is 0 Å². The van der Waals surface area contributed by atoms with Gasteiger partial charge < -0.3 is 4.74 Å². The van der Waals surface area contributed by atoms with Gasteiger partial charge in [-0.1, -0.05) is 12.8 Å². The first kappa shape index (κ1) is 6.59. The fourth-order valence-electron chi connectivity index (χ4n) is 1.35. The summed E-state index contributed by atoms with van der Waals surface area (Å²) in [5.74, 6) is 0.662. The van der Waals surface area contributed by atoms with Crippen molar-refractivity contribution >= 4 is 6.47 Å². The Hall–Kier alpha value is -0.530. The second kappa shape index (κ2) is 3.49. The third-order valence-electron chi connectivity index (χ3n) is 1.87. The highest BCUT2D eigenvalue weighted by Gasteiger charge is 2.14. The molecule has 1 saturated carbocycles. The molecule has 0 aromatic heterocycles. The van der Waals surface area contributed by atoms with Crippen LogP contribution in [0.2, 0.25) is 0 Å². The SMILES string of the molecule is O=COCC1CCCC1. The molecule has 1 aliphatic rings. The molecule has 0 heterocycles. The average molecular weight is 128 g/mol. The minimum Gasteiger partial charge on any atom is -0.468 e. The quantitative estimate of drug-likeness (QED) is 0.536. The number of hydrogen-bond acceptors (Lipinski definition) is 2. The first-order valence-electron chi connectivity index (χ1n) is 3.48. The molecular weight excluding hydrogens is 116 g/mol. The fraction of sp³-hybridized carbons (Fsp3) is 0.857. The summed E-state index contributed by atoms with van der Waals surface area (Å²) in [6.45, 7) is 1.18. The van der Waals surface area contributed by atoms with E-state index in [0.717, 1.165) is 0 Å². The van der Waals surface area contributed by atoms with Gasteiger partial charge in [0.25, 0.3) is 6.47 Å². The Morgan fingerprint density at radius 1 is 1.44 bits per heavy atom. The predicted molar refractivity (Wildman–Crippen MR) is 34.0 cm³/mol. The van der Waals surface area contributed by atoms with Crippen LogP contribution >= 0.6 is 0 Å². The maximum absolute atomic E-state index is 9.74. The van der Waals surface area contributed by atoms with E-state index < -0.39 is 0 Å². The maximum atomic E-state index is 9.74. The van der Waals surface area contributed by atoms with Gasteiger partial charge in [0.15, 0.2) is 0 Å². The predicted octanol–water partition coefficient (Wildman–Crippen LogP) is 1.35. The summed E-state index contributed by atoms with van der Waals surface area (Å²) in [5.41, 5.74) is 0. The second-order valence-electron chi connectivity index (χ2n) is 2.58. The van der Waals surface area contributed by atoms with Gasteiger partial charge in [0.1, 0.15) is 0 Å². The molecule has 0 aliphatic heterocycles. The van der Waals surface area contributed by atoms with Crippen LogP contribution in [0.4, 0.5) is 0 Å². The van der Waals surface area contributed by atoms with E-state index in [2.05, 4.69) is 4.74 Å². The molecule has 0 aromatic rings. The molecule has 2 nitrogen and oxygen atoms in total. The number of rotatable bonds is 3. The van der Waals surface area contributed by atoms with Crippen molar-refractivity contribution in [2.24, 2.45) is 5.92 Å². The van der Waals surface area contributed by atoms with Gasteiger partial charge in [-0.25, -0.2) is 0 Å². The minimum atomic E-state index is 0.540. The van der Waals surface area contributed by atoms with Crippen LogP contribution < -0.4 is 0 Å². The summed E-state index contributed by atoms with van der Waals surface area (Å²) in [6.07, 6.45) is 5.11. The Balaban J connectivity index is 2.04. The van der Waals surface area contributed by atoms with Gasteiger partial charge in [0, 0.05) is 0 Å². The minimum absolute atomic E-state index is 0.540. The molecule has 0 atom stereocenters. The second-order valence-corrected chi connectivity index (χ2v) is 2.58. The summed E-state index contributed by atoms with van der Waals surface area (Å²) in [7, 11) is 0. The zero-order valence-electron chi connectivity index (χ0n) is 5.51. The van der Waals surface area contributed by atoms with Crippen LogP contribution in [0.1, 0.15) is 25.7 Å². The van der Waals surface area contributed by atoms with Crippen molar-refractivity contribution in [2.75, 3.05) is 6.61 Å². The molecular formula is C7H12O2. The lowest BCUT2D eigenvalue weighted by atomic mass is 10.1. The summed E-state index contributed by atoms with van der Waals surface area (Å²) in [4.78, 5) is 9.74. The molecule has 2 heteroatoms. The van der Waals surface area contributed by atoms with Crippen LogP contribution in [0, 0.1) is 5.92 Å². The molecule has 0 spiro atoms. The molecule has 1 rings (SSSR count). The van der Waals surface area contributed by atoms with Crippen molar-refractivity contribution in [3.05, 3.63) is 0 Å². The Morgan fingerprint density at radius 3 is 2.67 bits per heavy atom. The molecule has 0 amide bonds. The Labute approximate surface area is 55.2 Å². The summed E-state index contributed by atoms with van der Waals surface area (Å²) in [6, 6.07) is 0. The lowest BCUT2D eigenvalue weighted by molar-refractivity contribution is -0.129. The van der Waals surface area contributed by atoms with Crippen molar-refractivity contribution in [1.29, 1.82) is 0 Å². The van der Waals surface area contributed by atoms with Crippen molar-refractivity contribution in [1.82, 2.24) is 0 Å². The first-order chi connectivity index (χ1) is 4.43.